The maximum atomic E-state index is 11.4. The number of ether oxygens (including phenoxy) is 1. The first kappa shape index (κ1) is 12.4. The molecule has 1 aromatic rings. The predicted octanol–water partition coefficient (Wildman–Crippen LogP) is 2.03. The zero-order valence-corrected chi connectivity index (χ0v) is 10.5. The lowest BCUT2D eigenvalue weighted by molar-refractivity contribution is -0.142. The second-order valence-corrected chi connectivity index (χ2v) is 4.79. The summed E-state index contributed by atoms with van der Waals surface area (Å²) in [5.41, 5.74) is 1.14. The lowest BCUT2D eigenvalue weighted by Crippen LogP contribution is -2.31. The van der Waals surface area contributed by atoms with Crippen molar-refractivity contribution >= 4 is 17.6 Å². The average molecular weight is 254 g/mol. The molecule has 1 aliphatic rings. The van der Waals surface area contributed by atoms with Crippen molar-refractivity contribution in [2.75, 3.05) is 13.7 Å². The summed E-state index contributed by atoms with van der Waals surface area (Å²) in [4.78, 5) is 11.4. The highest BCUT2D eigenvalue weighted by Crippen LogP contribution is 2.24. The van der Waals surface area contributed by atoms with Crippen LogP contribution in [0.25, 0.3) is 0 Å². The Bertz CT molecular complexity index is 408. The molecule has 1 fully saturated rings. The van der Waals surface area contributed by atoms with E-state index in [-0.39, 0.29) is 12.0 Å². The molecule has 4 heteroatoms. The fourth-order valence-electron chi connectivity index (χ4n) is 2.26. The van der Waals surface area contributed by atoms with Gasteiger partial charge in [-0.2, -0.15) is 0 Å². The largest absolute Gasteiger partial charge is 0.468 e. The minimum absolute atomic E-state index is 0.160. The van der Waals surface area contributed by atoms with Crippen molar-refractivity contribution in [3.8, 4) is 0 Å². The number of benzene rings is 1. The molecule has 2 unspecified atom stereocenters. The molecule has 1 N–H and O–H groups in total. The van der Waals surface area contributed by atoms with Gasteiger partial charge in [0.25, 0.3) is 0 Å². The fourth-order valence-corrected chi connectivity index (χ4v) is 2.47. The molecule has 2 atom stereocenters. The maximum Gasteiger partial charge on any atom is 0.322 e. The quantitative estimate of drug-likeness (QED) is 0.838. The summed E-state index contributed by atoms with van der Waals surface area (Å²) in [6.07, 6.45) is 1.72. The van der Waals surface area contributed by atoms with Crippen LogP contribution in [0, 0.1) is 5.92 Å². The molecule has 1 aromatic carbocycles. The van der Waals surface area contributed by atoms with Gasteiger partial charge in [-0.1, -0.05) is 29.8 Å². The van der Waals surface area contributed by atoms with Gasteiger partial charge in [0.15, 0.2) is 0 Å². The summed E-state index contributed by atoms with van der Waals surface area (Å²) in [6, 6.07) is 7.69. The van der Waals surface area contributed by atoms with Gasteiger partial charge in [-0.15, -0.1) is 0 Å². The van der Waals surface area contributed by atoms with E-state index < -0.39 is 0 Å². The van der Waals surface area contributed by atoms with Crippen LogP contribution in [0.4, 0.5) is 0 Å². The van der Waals surface area contributed by atoms with Gasteiger partial charge in [0.2, 0.25) is 0 Å². The Labute approximate surface area is 106 Å². The van der Waals surface area contributed by atoms with Crippen molar-refractivity contribution in [2.45, 2.75) is 18.9 Å². The normalized spacial score (nSPS) is 23.6. The van der Waals surface area contributed by atoms with Crippen LogP contribution in [0.1, 0.15) is 12.0 Å². The SMILES string of the molecule is COC(=O)C1CC(Cc2ccccc2Cl)CN1. The van der Waals surface area contributed by atoms with E-state index in [0.717, 1.165) is 30.0 Å². The first-order chi connectivity index (χ1) is 8.20. The number of rotatable bonds is 3. The van der Waals surface area contributed by atoms with Crippen molar-refractivity contribution in [3.05, 3.63) is 34.9 Å². The fraction of sp³-hybridized carbons (Fsp3) is 0.462. The molecular formula is C13H16ClNO2. The van der Waals surface area contributed by atoms with Crippen LogP contribution in [0.2, 0.25) is 5.02 Å². The summed E-state index contributed by atoms with van der Waals surface area (Å²) < 4.78 is 4.73. The zero-order chi connectivity index (χ0) is 12.3. The van der Waals surface area contributed by atoms with Gasteiger partial charge < -0.3 is 10.1 Å². The number of carbonyl (C=O) groups is 1. The number of carbonyl (C=O) groups excluding carboxylic acids is 1. The Morgan fingerprint density at radius 1 is 1.53 bits per heavy atom. The topological polar surface area (TPSA) is 38.3 Å². The van der Waals surface area contributed by atoms with E-state index in [9.17, 15) is 4.79 Å². The molecular weight excluding hydrogens is 238 g/mol. The summed E-state index contributed by atoms with van der Waals surface area (Å²) in [7, 11) is 1.42. The number of hydrogen-bond acceptors (Lipinski definition) is 3. The van der Waals surface area contributed by atoms with Crippen molar-refractivity contribution in [1.82, 2.24) is 5.32 Å². The summed E-state index contributed by atoms with van der Waals surface area (Å²) in [5, 5.41) is 3.98. The van der Waals surface area contributed by atoms with Gasteiger partial charge in [-0.25, -0.2) is 0 Å². The standard InChI is InChI=1S/C13H16ClNO2/c1-17-13(16)12-7-9(8-15-12)6-10-4-2-3-5-11(10)14/h2-5,9,12,15H,6-8H2,1H3. The molecule has 0 bridgehead atoms. The Morgan fingerprint density at radius 2 is 2.29 bits per heavy atom. The van der Waals surface area contributed by atoms with Crippen LogP contribution >= 0.6 is 11.6 Å². The van der Waals surface area contributed by atoms with Gasteiger partial charge >= 0.3 is 5.97 Å². The number of hydrogen-bond donors (Lipinski definition) is 1. The van der Waals surface area contributed by atoms with E-state index in [1.54, 1.807) is 0 Å². The summed E-state index contributed by atoms with van der Waals surface area (Å²) in [5.74, 6) is 0.269. The minimum Gasteiger partial charge on any atom is -0.468 e. The van der Waals surface area contributed by atoms with Crippen molar-refractivity contribution in [3.63, 3.8) is 0 Å². The Morgan fingerprint density at radius 3 is 3.00 bits per heavy atom. The Hall–Kier alpha value is -1.06. The monoisotopic (exact) mass is 253 g/mol. The highest BCUT2D eigenvalue weighted by atomic mass is 35.5. The molecule has 1 heterocycles. The van der Waals surface area contributed by atoms with Crippen LogP contribution in [0.5, 0.6) is 0 Å². The molecule has 0 saturated carbocycles. The van der Waals surface area contributed by atoms with Gasteiger partial charge in [-0.05, 0) is 36.9 Å². The lowest BCUT2D eigenvalue weighted by Gasteiger charge is -2.10. The molecule has 0 amide bonds. The third-order valence-electron chi connectivity index (χ3n) is 3.17. The molecule has 3 nitrogen and oxygen atoms in total. The second kappa shape index (κ2) is 5.52. The highest BCUT2D eigenvalue weighted by molar-refractivity contribution is 6.31. The van der Waals surface area contributed by atoms with Crippen LogP contribution < -0.4 is 5.32 Å². The smallest absolute Gasteiger partial charge is 0.322 e. The molecule has 0 spiro atoms. The minimum atomic E-state index is -0.174. The van der Waals surface area contributed by atoms with Crippen LogP contribution in [-0.4, -0.2) is 25.7 Å². The summed E-state index contributed by atoms with van der Waals surface area (Å²) >= 11 is 6.12. The predicted molar refractivity (Wildman–Crippen MR) is 67.1 cm³/mol. The van der Waals surface area contributed by atoms with Crippen LogP contribution in [0.3, 0.4) is 0 Å². The third-order valence-corrected chi connectivity index (χ3v) is 3.54. The van der Waals surface area contributed by atoms with E-state index in [1.807, 2.05) is 24.3 Å². The van der Waals surface area contributed by atoms with Crippen molar-refractivity contribution in [1.29, 1.82) is 0 Å². The number of methoxy groups -OCH3 is 1. The van der Waals surface area contributed by atoms with E-state index in [2.05, 4.69) is 5.32 Å². The lowest BCUT2D eigenvalue weighted by atomic mass is 9.97. The van der Waals surface area contributed by atoms with Crippen LogP contribution in [-0.2, 0) is 16.0 Å². The van der Waals surface area contributed by atoms with Gasteiger partial charge in [0.05, 0.1) is 7.11 Å². The molecule has 1 aliphatic heterocycles. The van der Waals surface area contributed by atoms with E-state index >= 15 is 0 Å². The first-order valence-electron chi connectivity index (χ1n) is 5.75. The third kappa shape index (κ3) is 2.99. The average Bonchev–Trinajstić information content (AvgIpc) is 2.80. The second-order valence-electron chi connectivity index (χ2n) is 4.38. The molecule has 92 valence electrons. The van der Waals surface area contributed by atoms with E-state index in [0.29, 0.717) is 5.92 Å². The Balaban J connectivity index is 1.94. The molecule has 0 radical (unpaired) electrons. The molecule has 0 aliphatic carbocycles. The van der Waals surface area contributed by atoms with E-state index in [1.165, 1.54) is 7.11 Å². The first-order valence-corrected chi connectivity index (χ1v) is 6.13. The highest BCUT2D eigenvalue weighted by Gasteiger charge is 2.30. The van der Waals surface area contributed by atoms with Crippen LogP contribution in [0.15, 0.2) is 24.3 Å². The maximum absolute atomic E-state index is 11.4. The van der Waals surface area contributed by atoms with Crippen molar-refractivity contribution in [2.24, 2.45) is 5.92 Å². The van der Waals surface area contributed by atoms with Crippen molar-refractivity contribution < 1.29 is 9.53 Å². The zero-order valence-electron chi connectivity index (χ0n) is 9.78. The van der Waals surface area contributed by atoms with Gasteiger partial charge in [-0.3, -0.25) is 4.79 Å². The van der Waals surface area contributed by atoms with E-state index in [4.69, 9.17) is 16.3 Å². The Kier molecular flexibility index (Phi) is 4.02. The molecule has 17 heavy (non-hydrogen) atoms. The molecule has 0 aromatic heterocycles. The van der Waals surface area contributed by atoms with Gasteiger partial charge in [0.1, 0.15) is 6.04 Å². The van der Waals surface area contributed by atoms with Gasteiger partial charge in [0, 0.05) is 5.02 Å². The number of halogens is 1. The molecule has 1 saturated heterocycles. The molecule has 2 rings (SSSR count). The summed E-state index contributed by atoms with van der Waals surface area (Å²) in [6.45, 7) is 0.838. The number of esters is 1. The number of nitrogens with one attached hydrogen (secondary N) is 1.